The van der Waals surface area contributed by atoms with Gasteiger partial charge in [-0.2, -0.15) is 0 Å². The predicted octanol–water partition coefficient (Wildman–Crippen LogP) is 7.18. The average Bonchev–Trinajstić information content (AvgIpc) is 3.14. The van der Waals surface area contributed by atoms with Crippen LogP contribution in [0.2, 0.25) is 0 Å². The Morgan fingerprint density at radius 2 is 1.24 bits per heavy atom. The number of carboxylic acids is 2. The second kappa shape index (κ2) is 12.8. The number of hydrogen-bond acceptors (Lipinski definition) is 9. The van der Waals surface area contributed by atoms with Gasteiger partial charge in [0, 0.05) is 75.1 Å². The number of nitrogens with two attached hydrogens (primary N) is 1. The summed E-state index contributed by atoms with van der Waals surface area (Å²) >= 11 is 0. The number of aromatic hydroxyl groups is 1. The van der Waals surface area contributed by atoms with Gasteiger partial charge in [-0.15, -0.1) is 0 Å². The first-order valence-corrected chi connectivity index (χ1v) is 16.5. The summed E-state index contributed by atoms with van der Waals surface area (Å²) in [6.07, 6.45) is 0. The van der Waals surface area contributed by atoms with Crippen molar-refractivity contribution in [2.45, 2.75) is 6.54 Å². The van der Waals surface area contributed by atoms with Gasteiger partial charge < -0.3 is 40.6 Å². The Morgan fingerprint density at radius 3 is 1.94 bits per heavy atom. The Morgan fingerprint density at radius 1 is 0.648 bits per heavy atom. The minimum absolute atomic E-state index is 0.0603. The highest BCUT2D eigenvalue weighted by molar-refractivity contribution is 6.10. The van der Waals surface area contributed by atoms with Crippen molar-refractivity contribution >= 4 is 45.5 Å². The molecule has 2 heterocycles. The number of benzene rings is 6. The molecule has 1 amide bonds. The number of anilines is 1. The molecule has 4 aliphatic rings. The van der Waals surface area contributed by atoms with E-state index in [0.717, 1.165) is 0 Å². The number of aromatic carboxylic acids is 2. The van der Waals surface area contributed by atoms with Crippen LogP contribution in [-0.2, 0) is 6.54 Å². The normalized spacial score (nSPS) is 11.3. The van der Waals surface area contributed by atoms with E-state index in [9.17, 15) is 34.5 Å². The van der Waals surface area contributed by atoms with Crippen LogP contribution < -0.4 is 21.8 Å². The van der Waals surface area contributed by atoms with Crippen molar-refractivity contribution in [3.05, 3.63) is 147 Å². The van der Waals surface area contributed by atoms with Crippen molar-refractivity contribution in [2.24, 2.45) is 0 Å². The van der Waals surface area contributed by atoms with Crippen molar-refractivity contribution in [3.8, 4) is 50.7 Å². The number of nitrogen functional groups attached to an aromatic ring is 1. The Balaban J connectivity index is 1.14. The summed E-state index contributed by atoms with van der Waals surface area (Å²) in [5.41, 5.74) is 9.79. The number of phenolic OH excluding ortho intramolecular Hbond substituents is 1. The molecule has 0 saturated heterocycles. The second-order valence-corrected chi connectivity index (χ2v) is 12.7. The highest BCUT2D eigenvalue weighted by Crippen LogP contribution is 2.43. The zero-order valence-electron chi connectivity index (χ0n) is 28.0. The maximum Gasteiger partial charge on any atom is 0.336 e. The molecule has 264 valence electrons. The smallest absolute Gasteiger partial charge is 0.336 e. The Labute approximate surface area is 304 Å². The topological polar surface area (TPSA) is 217 Å². The molecule has 12 nitrogen and oxygen atoms in total. The molecule has 0 atom stereocenters. The third-order valence-corrected chi connectivity index (χ3v) is 9.24. The number of amides is 1. The van der Waals surface area contributed by atoms with Gasteiger partial charge in [-0.05, 0) is 83.4 Å². The van der Waals surface area contributed by atoms with Crippen molar-refractivity contribution in [1.29, 1.82) is 5.41 Å². The van der Waals surface area contributed by atoms with Crippen LogP contribution >= 0.6 is 0 Å². The van der Waals surface area contributed by atoms with Crippen LogP contribution in [0.15, 0.2) is 123 Å². The van der Waals surface area contributed by atoms with Gasteiger partial charge in [0.1, 0.15) is 28.4 Å². The van der Waals surface area contributed by atoms with Gasteiger partial charge in [-0.25, -0.2) is 9.59 Å². The molecule has 0 aromatic heterocycles. The lowest BCUT2D eigenvalue weighted by molar-refractivity contribution is 0.0686. The fourth-order valence-corrected chi connectivity index (χ4v) is 6.81. The summed E-state index contributed by atoms with van der Waals surface area (Å²) in [5.74, 6) is -2.60. The third kappa shape index (κ3) is 5.83. The van der Waals surface area contributed by atoms with Gasteiger partial charge in [-0.3, -0.25) is 9.59 Å². The summed E-state index contributed by atoms with van der Waals surface area (Å²) in [5, 5.41) is 42.9. The number of phenols is 1. The highest BCUT2D eigenvalue weighted by Gasteiger charge is 2.25. The summed E-state index contributed by atoms with van der Waals surface area (Å²) in [6.45, 7) is -0.0884. The number of carbonyl (C=O) groups excluding carboxylic acids is 1. The highest BCUT2D eigenvalue weighted by atomic mass is 16.4. The Kier molecular flexibility index (Phi) is 7.92. The minimum Gasteiger partial charge on any atom is -0.508 e. The SMILES string of the molecule is N=c1ccc2c(-c3ccc(C(=O)NCc4ccc(-c5c6ccc(=O)cc-6oc6cc(O)ccc56)c(C(=O)O)c4)cc3C(=O)O)c3ccc(N)cc3oc-2c1. The van der Waals surface area contributed by atoms with Gasteiger partial charge in [0.2, 0.25) is 0 Å². The van der Waals surface area contributed by atoms with Crippen LogP contribution in [0.1, 0.15) is 36.6 Å². The molecule has 54 heavy (non-hydrogen) atoms. The molecule has 8 rings (SSSR count). The molecule has 0 unspecified atom stereocenters. The lowest BCUT2D eigenvalue weighted by Gasteiger charge is -2.18. The van der Waals surface area contributed by atoms with Gasteiger partial charge in [-0.1, -0.05) is 18.2 Å². The van der Waals surface area contributed by atoms with E-state index in [1.807, 2.05) is 0 Å². The van der Waals surface area contributed by atoms with Crippen LogP contribution in [0.3, 0.4) is 0 Å². The van der Waals surface area contributed by atoms with E-state index in [-0.39, 0.29) is 51.1 Å². The van der Waals surface area contributed by atoms with Crippen LogP contribution in [-0.4, -0.2) is 33.2 Å². The molecule has 2 aliphatic carbocycles. The lowest BCUT2D eigenvalue weighted by Crippen LogP contribution is -2.23. The number of hydrogen-bond donors (Lipinski definition) is 6. The van der Waals surface area contributed by atoms with E-state index >= 15 is 0 Å². The Hall–Kier alpha value is -7.73. The number of rotatable bonds is 7. The first kappa shape index (κ1) is 33.4. The minimum atomic E-state index is -1.27. The quantitative estimate of drug-likeness (QED) is 0.0721. The monoisotopic (exact) mass is 717 g/mol. The largest absolute Gasteiger partial charge is 0.508 e. The fourth-order valence-electron chi connectivity index (χ4n) is 6.81. The molecule has 7 N–H and O–H groups in total. The molecule has 2 aliphatic heterocycles. The van der Waals surface area contributed by atoms with Gasteiger partial charge in [0.25, 0.3) is 5.91 Å². The zero-order chi connectivity index (χ0) is 37.8. The second-order valence-electron chi connectivity index (χ2n) is 12.7. The summed E-state index contributed by atoms with van der Waals surface area (Å²) < 4.78 is 11.9. The van der Waals surface area contributed by atoms with Gasteiger partial charge >= 0.3 is 11.9 Å². The number of fused-ring (bicyclic) bond motifs is 4. The maximum atomic E-state index is 13.5. The molecule has 4 aromatic rings. The van der Waals surface area contributed by atoms with E-state index in [1.165, 1.54) is 48.5 Å². The van der Waals surface area contributed by atoms with Crippen LogP contribution in [0, 0.1) is 5.41 Å². The first-order chi connectivity index (χ1) is 25.9. The number of nitrogens with one attached hydrogen (secondary N) is 2. The Bertz CT molecular complexity index is 2940. The van der Waals surface area contributed by atoms with E-state index < -0.39 is 17.8 Å². The van der Waals surface area contributed by atoms with Crippen molar-refractivity contribution in [2.75, 3.05) is 5.73 Å². The lowest BCUT2D eigenvalue weighted by atomic mass is 9.89. The van der Waals surface area contributed by atoms with E-state index in [0.29, 0.717) is 66.7 Å². The van der Waals surface area contributed by atoms with E-state index in [4.69, 9.17) is 20.0 Å². The van der Waals surface area contributed by atoms with Gasteiger partial charge in [0.05, 0.1) is 16.5 Å². The van der Waals surface area contributed by atoms with Crippen LogP contribution in [0.5, 0.6) is 5.75 Å². The van der Waals surface area contributed by atoms with Crippen molar-refractivity contribution < 1.29 is 38.5 Å². The fraction of sp³-hybridized carbons (Fsp3) is 0.0238. The number of carbonyl (C=O) groups is 3. The maximum absolute atomic E-state index is 13.5. The molecule has 0 saturated carbocycles. The van der Waals surface area contributed by atoms with E-state index in [1.54, 1.807) is 60.7 Å². The molecule has 0 bridgehead atoms. The molecule has 0 fully saturated rings. The summed E-state index contributed by atoms with van der Waals surface area (Å²) in [6, 6.07) is 27.5. The van der Waals surface area contributed by atoms with Crippen LogP contribution in [0.4, 0.5) is 5.69 Å². The predicted molar refractivity (Wildman–Crippen MR) is 200 cm³/mol. The van der Waals surface area contributed by atoms with Crippen molar-refractivity contribution in [1.82, 2.24) is 5.32 Å². The molecular weight excluding hydrogens is 690 g/mol. The molecule has 4 aromatic carbocycles. The standard InChI is InChI=1S/C42H27N3O9/c43-22-3-9-28-34(15-22)53-35-16-23(44)4-10-29(35)39(28)27-8-2-21(14-33(27)42(51)52)40(48)45-19-20-1-7-26(32(13-20)41(49)50)38-30-11-5-24(46)17-36(30)54-37-18-25(47)6-12-31(37)38/h1-18,43,46H,19,44H2,(H,45,48)(H,49,50)(H,51,52). The third-order valence-electron chi connectivity index (χ3n) is 9.24. The molecule has 12 heteroatoms. The first-order valence-electron chi connectivity index (χ1n) is 16.5. The van der Waals surface area contributed by atoms with Crippen molar-refractivity contribution in [3.63, 3.8) is 0 Å². The summed E-state index contributed by atoms with van der Waals surface area (Å²) in [4.78, 5) is 51.0. The van der Waals surface area contributed by atoms with E-state index in [2.05, 4.69) is 5.32 Å². The zero-order valence-corrected chi connectivity index (χ0v) is 28.0. The molecule has 0 radical (unpaired) electrons. The summed E-state index contributed by atoms with van der Waals surface area (Å²) in [7, 11) is 0. The average molecular weight is 718 g/mol. The molecular formula is C42H27N3O9. The molecule has 0 spiro atoms. The van der Waals surface area contributed by atoms with Crippen LogP contribution in [0.25, 0.3) is 66.8 Å². The number of carboxylic acid groups (broad SMARTS) is 2. The van der Waals surface area contributed by atoms with Gasteiger partial charge in [0.15, 0.2) is 5.43 Å².